The third-order valence-corrected chi connectivity index (χ3v) is 3.26. The smallest absolute Gasteiger partial charge is 0.162 e. The summed E-state index contributed by atoms with van der Waals surface area (Å²) in [5, 5.41) is 2.99. The lowest BCUT2D eigenvalue weighted by Crippen LogP contribution is -2.00. The third kappa shape index (κ3) is 2.67. The van der Waals surface area contributed by atoms with Crippen molar-refractivity contribution in [2.24, 2.45) is 0 Å². The fraction of sp³-hybridized carbons (Fsp3) is 0.231. The first-order chi connectivity index (χ1) is 8.63. The molecule has 0 saturated carbocycles. The van der Waals surface area contributed by atoms with E-state index < -0.39 is 0 Å². The van der Waals surface area contributed by atoms with Gasteiger partial charge in [0.2, 0.25) is 0 Å². The maximum Gasteiger partial charge on any atom is 0.162 e. The van der Waals surface area contributed by atoms with Gasteiger partial charge in [0, 0.05) is 28.8 Å². The normalized spacial score (nSPS) is 10.4. The molecule has 0 saturated heterocycles. The van der Waals surface area contributed by atoms with Crippen LogP contribution in [-0.4, -0.2) is 17.0 Å². The summed E-state index contributed by atoms with van der Waals surface area (Å²) in [7, 11) is 1.80. The Bertz CT molecular complexity index is 550. The van der Waals surface area contributed by atoms with E-state index >= 15 is 0 Å². The van der Waals surface area contributed by atoms with Gasteiger partial charge in [-0.2, -0.15) is 0 Å². The number of benzene rings is 1. The molecule has 1 aromatic heterocycles. The summed E-state index contributed by atoms with van der Waals surface area (Å²) in [5.74, 6) is 0.947. The zero-order valence-electron chi connectivity index (χ0n) is 10.2. The van der Waals surface area contributed by atoms with Gasteiger partial charge in [-0.1, -0.05) is 22.9 Å². The summed E-state index contributed by atoms with van der Waals surface area (Å²) in [4.78, 5) is 8.78. The van der Waals surface area contributed by atoms with Gasteiger partial charge in [0.05, 0.1) is 0 Å². The first-order valence-corrected chi connectivity index (χ1v) is 6.44. The van der Waals surface area contributed by atoms with Crippen LogP contribution in [0, 0.1) is 5.82 Å². The minimum atomic E-state index is -0.301. The second-order valence-electron chi connectivity index (χ2n) is 3.80. The Morgan fingerprint density at radius 2 is 2.06 bits per heavy atom. The lowest BCUT2D eigenvalue weighted by molar-refractivity contribution is 0.628. The predicted octanol–water partition coefficient (Wildman–Crippen LogP) is 3.65. The van der Waals surface area contributed by atoms with E-state index in [1.165, 1.54) is 12.1 Å². The molecule has 2 rings (SSSR count). The van der Waals surface area contributed by atoms with Crippen LogP contribution >= 0.6 is 15.9 Å². The van der Waals surface area contributed by atoms with Crippen molar-refractivity contribution in [2.75, 3.05) is 12.4 Å². The number of hydrogen-bond acceptors (Lipinski definition) is 3. The van der Waals surface area contributed by atoms with Crippen LogP contribution in [0.2, 0.25) is 0 Å². The lowest BCUT2D eigenvalue weighted by Gasteiger charge is -2.08. The second kappa shape index (κ2) is 5.44. The van der Waals surface area contributed by atoms with E-state index in [-0.39, 0.29) is 5.82 Å². The van der Waals surface area contributed by atoms with Crippen LogP contribution in [0.25, 0.3) is 11.4 Å². The Labute approximate surface area is 114 Å². The van der Waals surface area contributed by atoms with Crippen LogP contribution in [-0.2, 0) is 6.42 Å². The summed E-state index contributed by atoms with van der Waals surface area (Å²) in [6.07, 6.45) is 0.803. The summed E-state index contributed by atoms with van der Waals surface area (Å²) < 4.78 is 14.1. The van der Waals surface area contributed by atoms with Crippen molar-refractivity contribution in [3.8, 4) is 11.4 Å². The third-order valence-electron chi connectivity index (χ3n) is 2.57. The van der Waals surface area contributed by atoms with E-state index in [9.17, 15) is 4.39 Å². The molecule has 0 unspecified atom stereocenters. The molecule has 0 spiro atoms. The number of halogens is 2. The van der Waals surface area contributed by atoms with Crippen molar-refractivity contribution < 1.29 is 4.39 Å². The minimum absolute atomic E-state index is 0.301. The highest BCUT2D eigenvalue weighted by Gasteiger charge is 2.10. The molecule has 5 heteroatoms. The zero-order chi connectivity index (χ0) is 13.1. The van der Waals surface area contributed by atoms with Crippen molar-refractivity contribution in [1.29, 1.82) is 0 Å². The molecule has 1 N–H and O–H groups in total. The van der Waals surface area contributed by atoms with Crippen LogP contribution in [0.3, 0.4) is 0 Å². The molecule has 2 aromatic rings. The topological polar surface area (TPSA) is 37.8 Å². The van der Waals surface area contributed by atoms with Crippen LogP contribution in [0.4, 0.5) is 10.2 Å². The highest BCUT2D eigenvalue weighted by molar-refractivity contribution is 9.10. The number of hydrogen-bond donors (Lipinski definition) is 1. The second-order valence-corrected chi connectivity index (χ2v) is 4.65. The summed E-state index contributed by atoms with van der Waals surface area (Å²) in [6.45, 7) is 2.02. The SMILES string of the molecule is CCc1cc(NC)nc(-c2cc(F)ccc2Br)n1. The Hall–Kier alpha value is -1.49. The highest BCUT2D eigenvalue weighted by Crippen LogP contribution is 2.27. The van der Waals surface area contributed by atoms with Crippen molar-refractivity contribution in [2.45, 2.75) is 13.3 Å². The molecule has 94 valence electrons. The van der Waals surface area contributed by atoms with E-state index in [2.05, 4.69) is 31.2 Å². The maximum absolute atomic E-state index is 13.3. The van der Waals surface area contributed by atoms with Gasteiger partial charge in [0.15, 0.2) is 5.82 Å². The number of nitrogens with one attached hydrogen (secondary N) is 1. The molecule has 0 amide bonds. The average molecular weight is 310 g/mol. The number of aryl methyl sites for hydroxylation is 1. The zero-order valence-corrected chi connectivity index (χ0v) is 11.8. The van der Waals surface area contributed by atoms with Crippen LogP contribution in [0.1, 0.15) is 12.6 Å². The van der Waals surface area contributed by atoms with E-state index in [4.69, 9.17) is 0 Å². The van der Waals surface area contributed by atoms with Gasteiger partial charge in [-0.25, -0.2) is 14.4 Å². The van der Waals surface area contributed by atoms with Crippen molar-refractivity contribution in [1.82, 2.24) is 9.97 Å². The van der Waals surface area contributed by atoms with Gasteiger partial charge in [0.25, 0.3) is 0 Å². The molecule has 0 fully saturated rings. The molecule has 0 atom stereocenters. The Morgan fingerprint density at radius 1 is 1.28 bits per heavy atom. The van der Waals surface area contributed by atoms with Gasteiger partial charge in [-0.15, -0.1) is 0 Å². The molecule has 0 bridgehead atoms. The Kier molecular flexibility index (Phi) is 3.91. The fourth-order valence-corrected chi connectivity index (χ4v) is 2.02. The largest absolute Gasteiger partial charge is 0.373 e. The first-order valence-electron chi connectivity index (χ1n) is 5.65. The van der Waals surface area contributed by atoms with Gasteiger partial charge in [0.1, 0.15) is 11.6 Å². The molecule has 18 heavy (non-hydrogen) atoms. The molecule has 0 aliphatic rings. The summed E-state index contributed by atoms with van der Waals surface area (Å²) in [5.41, 5.74) is 1.57. The molecule has 1 aromatic carbocycles. The van der Waals surface area contributed by atoms with Crippen molar-refractivity contribution >= 4 is 21.7 Å². The van der Waals surface area contributed by atoms with E-state index in [1.54, 1.807) is 13.1 Å². The maximum atomic E-state index is 13.3. The van der Waals surface area contributed by atoms with Crippen LogP contribution in [0.15, 0.2) is 28.7 Å². The van der Waals surface area contributed by atoms with Gasteiger partial charge < -0.3 is 5.32 Å². The molecular weight excluding hydrogens is 297 g/mol. The number of rotatable bonds is 3. The molecule has 0 aliphatic heterocycles. The first kappa shape index (κ1) is 13.0. The quantitative estimate of drug-likeness (QED) is 0.940. The minimum Gasteiger partial charge on any atom is -0.373 e. The molecule has 0 radical (unpaired) electrons. The van der Waals surface area contributed by atoms with Crippen molar-refractivity contribution in [3.05, 3.63) is 40.2 Å². The van der Waals surface area contributed by atoms with E-state index in [0.29, 0.717) is 11.4 Å². The molecule has 3 nitrogen and oxygen atoms in total. The Morgan fingerprint density at radius 3 is 2.72 bits per heavy atom. The lowest BCUT2D eigenvalue weighted by atomic mass is 10.2. The predicted molar refractivity (Wildman–Crippen MR) is 74.1 cm³/mol. The van der Waals surface area contributed by atoms with Gasteiger partial charge >= 0.3 is 0 Å². The Balaban J connectivity index is 2.58. The van der Waals surface area contributed by atoms with Crippen molar-refractivity contribution in [3.63, 3.8) is 0 Å². The fourth-order valence-electron chi connectivity index (χ4n) is 1.60. The number of nitrogens with zero attached hydrogens (tertiary/aromatic N) is 2. The van der Waals surface area contributed by atoms with Crippen LogP contribution in [0.5, 0.6) is 0 Å². The number of anilines is 1. The molecule has 1 heterocycles. The summed E-state index contributed by atoms with van der Waals surface area (Å²) >= 11 is 3.39. The van der Waals surface area contributed by atoms with Crippen LogP contribution < -0.4 is 5.32 Å². The standard InChI is InChI=1S/C13H13BrFN3/c1-3-9-7-12(16-2)18-13(17-9)10-6-8(15)4-5-11(10)14/h4-7H,3H2,1-2H3,(H,16,17,18). The average Bonchev–Trinajstić information content (AvgIpc) is 2.40. The van der Waals surface area contributed by atoms with Gasteiger partial charge in [-0.05, 0) is 24.6 Å². The highest BCUT2D eigenvalue weighted by atomic mass is 79.9. The number of aromatic nitrogens is 2. The monoisotopic (exact) mass is 309 g/mol. The van der Waals surface area contributed by atoms with Gasteiger partial charge in [-0.3, -0.25) is 0 Å². The van der Waals surface area contributed by atoms with E-state index in [1.807, 2.05) is 13.0 Å². The van der Waals surface area contributed by atoms with E-state index in [0.717, 1.165) is 22.4 Å². The summed E-state index contributed by atoms with van der Waals surface area (Å²) in [6, 6.07) is 6.37. The molecular formula is C13H13BrFN3. The molecule has 0 aliphatic carbocycles.